The Kier molecular flexibility index (Phi) is 5.44. The van der Waals surface area contributed by atoms with Crippen LogP contribution in [0.3, 0.4) is 0 Å². The molecule has 0 spiro atoms. The topological polar surface area (TPSA) is 139 Å². The molecule has 1 fully saturated rings. The van der Waals surface area contributed by atoms with Crippen LogP contribution >= 0.6 is 0 Å². The first-order valence-corrected chi connectivity index (χ1v) is 11.5. The second kappa shape index (κ2) is 8.06. The van der Waals surface area contributed by atoms with Gasteiger partial charge in [-0.05, 0) is 39.7 Å². The first-order chi connectivity index (χ1) is 14.8. The molecule has 0 atom stereocenters. The van der Waals surface area contributed by atoms with Gasteiger partial charge in [-0.25, -0.2) is 28.4 Å². The molecule has 3 aromatic rings. The predicted octanol–water partition coefficient (Wildman–Crippen LogP) is 2.93. The average molecular weight is 441 g/mol. The Balaban J connectivity index is 1.59. The number of nitrogens with one attached hydrogen (secondary N) is 3. The molecule has 0 unspecified atom stereocenters. The number of aromatic nitrogens is 5. The molecule has 1 aliphatic carbocycles. The van der Waals surface area contributed by atoms with Crippen LogP contribution in [0.2, 0.25) is 0 Å². The molecule has 0 aromatic carbocycles. The van der Waals surface area contributed by atoms with Gasteiger partial charge in [-0.3, -0.25) is 4.72 Å². The highest BCUT2D eigenvalue weighted by Crippen LogP contribution is 2.27. The lowest BCUT2D eigenvalue weighted by Gasteiger charge is -2.11. The number of fused-ring (bicyclic) bond motifs is 1. The number of allylic oxidation sites excluding steroid dienone is 1. The Labute approximate surface area is 180 Å². The second-order valence-electron chi connectivity index (χ2n) is 7.68. The van der Waals surface area contributed by atoms with E-state index in [-0.39, 0.29) is 22.7 Å². The van der Waals surface area contributed by atoms with Gasteiger partial charge in [-0.2, -0.15) is 0 Å². The van der Waals surface area contributed by atoms with Crippen LogP contribution < -0.4 is 10.0 Å². The summed E-state index contributed by atoms with van der Waals surface area (Å²) in [5.41, 5.74) is 2.04. The molecule has 3 heterocycles. The third-order valence-corrected chi connectivity index (χ3v) is 6.73. The summed E-state index contributed by atoms with van der Waals surface area (Å²) < 4.78 is 28.6. The minimum atomic E-state index is -3.41. The molecule has 11 heteroatoms. The van der Waals surface area contributed by atoms with Crippen molar-refractivity contribution in [3.8, 4) is 0 Å². The largest absolute Gasteiger partial charge is 0.326 e. The van der Waals surface area contributed by atoms with Crippen LogP contribution in [0.4, 0.5) is 11.6 Å². The fraction of sp³-hybridized carbons (Fsp3) is 0.350. The van der Waals surface area contributed by atoms with E-state index in [0.717, 1.165) is 23.1 Å². The fourth-order valence-corrected chi connectivity index (χ4v) is 4.57. The van der Waals surface area contributed by atoms with Gasteiger partial charge in [0.05, 0.1) is 22.5 Å². The summed E-state index contributed by atoms with van der Waals surface area (Å²) in [5, 5.41) is 10.4. The highest BCUT2D eigenvalue weighted by molar-refractivity contribution is 7.90. The third-order valence-electron chi connectivity index (χ3n) is 4.94. The fourth-order valence-electron chi connectivity index (χ4n) is 3.33. The molecule has 1 aliphatic rings. The van der Waals surface area contributed by atoms with E-state index in [1.54, 1.807) is 18.5 Å². The molecular weight excluding hydrogens is 416 g/mol. The van der Waals surface area contributed by atoms with Crippen LogP contribution in [0.25, 0.3) is 16.6 Å². The Morgan fingerprint density at radius 1 is 1.26 bits per heavy atom. The molecule has 0 aliphatic heterocycles. The Hall–Kier alpha value is -3.34. The van der Waals surface area contributed by atoms with Gasteiger partial charge in [0, 0.05) is 30.7 Å². The minimum absolute atomic E-state index is 0.225. The highest BCUT2D eigenvalue weighted by Gasteiger charge is 2.35. The third kappa shape index (κ3) is 4.41. The van der Waals surface area contributed by atoms with E-state index < -0.39 is 10.0 Å². The van der Waals surface area contributed by atoms with E-state index >= 15 is 0 Å². The van der Waals surface area contributed by atoms with Crippen molar-refractivity contribution in [3.63, 3.8) is 0 Å². The maximum atomic E-state index is 12.0. The summed E-state index contributed by atoms with van der Waals surface area (Å²) in [7, 11) is -3.41. The molecule has 0 saturated heterocycles. The summed E-state index contributed by atoms with van der Waals surface area (Å²) in [6.07, 6.45) is 6.84. The molecule has 3 aromatic heterocycles. The number of hydrogen-bond acceptors (Lipinski definition) is 8. The van der Waals surface area contributed by atoms with Gasteiger partial charge in [0.25, 0.3) is 0 Å². The number of sulfonamides is 1. The van der Waals surface area contributed by atoms with Crippen molar-refractivity contribution >= 4 is 44.5 Å². The van der Waals surface area contributed by atoms with Crippen LogP contribution in [0.1, 0.15) is 44.4 Å². The van der Waals surface area contributed by atoms with E-state index in [1.165, 1.54) is 6.20 Å². The zero-order chi connectivity index (χ0) is 22.2. The van der Waals surface area contributed by atoms with Crippen molar-refractivity contribution in [2.24, 2.45) is 0 Å². The number of hydrogen-bond donors (Lipinski definition) is 3. The maximum absolute atomic E-state index is 12.0. The SMILES string of the molecule is Cc1nc2cnc(Nc3ccnc(/C(C=N)=C/NS(=O)(=O)C4CC4)n3)cc2n1C(C)C. The van der Waals surface area contributed by atoms with Crippen LogP contribution in [-0.4, -0.2) is 44.4 Å². The second-order valence-corrected chi connectivity index (χ2v) is 9.67. The molecule has 4 rings (SSSR count). The van der Waals surface area contributed by atoms with Crippen molar-refractivity contribution in [2.45, 2.75) is 44.9 Å². The molecule has 0 bridgehead atoms. The standard InChI is InChI=1S/C20H24N8O2S/c1-12(2)28-13(3)25-16-11-23-19(8-17(16)28)26-18-6-7-22-20(27-18)14(9-21)10-24-31(29,30)15-4-5-15/h6-12,15,21,24H,4-5H2,1-3H3,(H,22,23,26,27)/b14-10+,21-9?. The van der Waals surface area contributed by atoms with Gasteiger partial charge in [-0.15, -0.1) is 0 Å². The van der Waals surface area contributed by atoms with Gasteiger partial charge in [0.15, 0.2) is 5.82 Å². The van der Waals surface area contributed by atoms with Gasteiger partial charge in [0.2, 0.25) is 10.0 Å². The van der Waals surface area contributed by atoms with Crippen molar-refractivity contribution in [2.75, 3.05) is 5.32 Å². The van der Waals surface area contributed by atoms with Gasteiger partial charge < -0.3 is 15.3 Å². The summed E-state index contributed by atoms with van der Waals surface area (Å²) in [6, 6.07) is 3.84. The smallest absolute Gasteiger partial charge is 0.235 e. The van der Waals surface area contributed by atoms with Gasteiger partial charge >= 0.3 is 0 Å². The zero-order valence-corrected chi connectivity index (χ0v) is 18.3. The number of anilines is 2. The molecule has 3 N–H and O–H groups in total. The molecule has 1 saturated carbocycles. The summed E-state index contributed by atoms with van der Waals surface area (Å²) >= 11 is 0. The molecular formula is C20H24N8O2S. The van der Waals surface area contributed by atoms with Crippen molar-refractivity contribution in [1.29, 1.82) is 5.41 Å². The molecule has 0 amide bonds. The van der Waals surface area contributed by atoms with Crippen LogP contribution in [0.15, 0.2) is 30.7 Å². The van der Waals surface area contributed by atoms with Gasteiger partial charge in [-0.1, -0.05) is 0 Å². The van der Waals surface area contributed by atoms with E-state index in [4.69, 9.17) is 5.41 Å². The van der Waals surface area contributed by atoms with E-state index in [2.05, 4.69) is 48.4 Å². The Bertz CT molecular complexity index is 1280. The van der Waals surface area contributed by atoms with Crippen molar-refractivity contribution in [1.82, 2.24) is 29.2 Å². The van der Waals surface area contributed by atoms with Crippen LogP contribution in [0, 0.1) is 12.3 Å². The first kappa shape index (κ1) is 20.9. The molecule has 10 nitrogen and oxygen atoms in total. The summed E-state index contributed by atoms with van der Waals surface area (Å²) in [6.45, 7) is 6.16. The van der Waals surface area contributed by atoms with E-state index in [9.17, 15) is 8.42 Å². The normalized spacial score (nSPS) is 14.8. The quantitative estimate of drug-likeness (QED) is 0.458. The molecule has 31 heavy (non-hydrogen) atoms. The number of imidazole rings is 1. The van der Waals surface area contributed by atoms with Crippen molar-refractivity contribution < 1.29 is 8.42 Å². The van der Waals surface area contributed by atoms with E-state index in [0.29, 0.717) is 24.5 Å². The lowest BCUT2D eigenvalue weighted by molar-refractivity contribution is 0.589. The summed E-state index contributed by atoms with van der Waals surface area (Å²) in [5.74, 6) is 2.21. The number of pyridine rings is 1. The average Bonchev–Trinajstić information content (AvgIpc) is 3.52. The monoisotopic (exact) mass is 440 g/mol. The van der Waals surface area contributed by atoms with Gasteiger partial charge in [0.1, 0.15) is 23.0 Å². The number of aryl methyl sites for hydroxylation is 1. The van der Waals surface area contributed by atoms with Crippen LogP contribution in [0.5, 0.6) is 0 Å². The zero-order valence-electron chi connectivity index (χ0n) is 17.5. The lowest BCUT2D eigenvalue weighted by Crippen LogP contribution is -2.22. The predicted molar refractivity (Wildman–Crippen MR) is 120 cm³/mol. The first-order valence-electron chi connectivity index (χ1n) is 9.95. The Morgan fingerprint density at radius 3 is 2.71 bits per heavy atom. The van der Waals surface area contributed by atoms with Crippen molar-refractivity contribution in [3.05, 3.63) is 42.4 Å². The summed E-state index contributed by atoms with van der Waals surface area (Å²) in [4.78, 5) is 17.5. The number of nitrogens with zero attached hydrogens (tertiary/aromatic N) is 5. The molecule has 162 valence electrons. The molecule has 0 radical (unpaired) electrons. The highest BCUT2D eigenvalue weighted by atomic mass is 32.2. The van der Waals surface area contributed by atoms with Crippen LogP contribution in [-0.2, 0) is 10.0 Å². The lowest BCUT2D eigenvalue weighted by atomic mass is 10.3. The van der Waals surface area contributed by atoms with E-state index in [1.807, 2.05) is 13.0 Å². The minimum Gasteiger partial charge on any atom is -0.326 e. The number of rotatable bonds is 8. The Morgan fingerprint density at radius 2 is 2.03 bits per heavy atom. The maximum Gasteiger partial charge on any atom is 0.235 e.